The van der Waals surface area contributed by atoms with Gasteiger partial charge in [-0.3, -0.25) is 0 Å². The molecule has 1 aromatic heterocycles. The lowest BCUT2D eigenvalue weighted by Crippen LogP contribution is -2.02. The first-order chi connectivity index (χ1) is 10.1. The summed E-state index contributed by atoms with van der Waals surface area (Å²) >= 11 is 0. The molecule has 106 valence electrons. The smallest absolute Gasteiger partial charge is 0.142 e. The Morgan fingerprint density at radius 1 is 0.905 bits per heavy atom. The molecule has 0 aliphatic heterocycles. The number of rotatable bonds is 3. The highest BCUT2D eigenvalue weighted by Gasteiger charge is 2.09. The minimum atomic E-state index is 0.461. The first-order valence-corrected chi connectivity index (χ1v) is 7.24. The van der Waals surface area contributed by atoms with Gasteiger partial charge in [0.15, 0.2) is 0 Å². The Kier molecular flexibility index (Phi) is 3.57. The number of fused-ring (bicyclic) bond motifs is 1. The Balaban J connectivity index is 2.10. The predicted molar refractivity (Wildman–Crippen MR) is 88.1 cm³/mol. The fourth-order valence-electron chi connectivity index (χ4n) is 2.53. The van der Waals surface area contributed by atoms with Crippen molar-refractivity contribution in [3.63, 3.8) is 0 Å². The summed E-state index contributed by atoms with van der Waals surface area (Å²) in [5.41, 5.74) is 3.36. The number of hydrogen-bond acceptors (Lipinski definition) is 3. The largest absolute Gasteiger partial charge is 0.339 e. The van der Waals surface area contributed by atoms with Gasteiger partial charge in [0.05, 0.1) is 5.52 Å². The summed E-state index contributed by atoms with van der Waals surface area (Å²) in [6.45, 7) is 6.32. The second kappa shape index (κ2) is 5.52. The zero-order valence-electron chi connectivity index (χ0n) is 12.6. The SMILES string of the molecule is Cc1nc(Nc2ccccc2C(C)C)c2ccccc2n1. The molecule has 3 rings (SSSR count). The zero-order valence-corrected chi connectivity index (χ0v) is 12.6. The van der Waals surface area contributed by atoms with Crippen molar-refractivity contribution in [3.8, 4) is 0 Å². The van der Waals surface area contributed by atoms with E-state index >= 15 is 0 Å². The molecule has 0 radical (unpaired) electrons. The van der Waals surface area contributed by atoms with Gasteiger partial charge < -0.3 is 5.32 Å². The predicted octanol–water partition coefficient (Wildman–Crippen LogP) is 4.81. The van der Waals surface area contributed by atoms with E-state index in [0.29, 0.717) is 5.92 Å². The maximum atomic E-state index is 4.57. The van der Waals surface area contributed by atoms with Crippen LogP contribution in [0.15, 0.2) is 48.5 Å². The topological polar surface area (TPSA) is 37.8 Å². The molecule has 0 atom stereocenters. The van der Waals surface area contributed by atoms with E-state index in [4.69, 9.17) is 0 Å². The molecule has 3 heteroatoms. The van der Waals surface area contributed by atoms with Crippen molar-refractivity contribution in [2.45, 2.75) is 26.7 Å². The van der Waals surface area contributed by atoms with Crippen LogP contribution in [0, 0.1) is 6.92 Å². The molecule has 2 aromatic carbocycles. The summed E-state index contributed by atoms with van der Waals surface area (Å²) in [5, 5.41) is 4.53. The summed E-state index contributed by atoms with van der Waals surface area (Å²) in [6, 6.07) is 16.5. The van der Waals surface area contributed by atoms with Gasteiger partial charge >= 0.3 is 0 Å². The molecule has 0 fully saturated rings. The lowest BCUT2D eigenvalue weighted by Gasteiger charge is -2.15. The van der Waals surface area contributed by atoms with Crippen molar-refractivity contribution in [2.75, 3.05) is 5.32 Å². The Bertz CT molecular complexity index is 778. The lowest BCUT2D eigenvalue weighted by molar-refractivity contribution is 0.869. The van der Waals surface area contributed by atoms with E-state index in [1.54, 1.807) is 0 Å². The highest BCUT2D eigenvalue weighted by Crippen LogP contribution is 2.29. The van der Waals surface area contributed by atoms with E-state index in [-0.39, 0.29) is 0 Å². The van der Waals surface area contributed by atoms with Crippen molar-refractivity contribution in [1.29, 1.82) is 0 Å². The average molecular weight is 277 g/mol. The third kappa shape index (κ3) is 2.72. The van der Waals surface area contributed by atoms with Gasteiger partial charge in [-0.1, -0.05) is 44.2 Å². The summed E-state index contributed by atoms with van der Waals surface area (Å²) < 4.78 is 0. The van der Waals surface area contributed by atoms with E-state index in [9.17, 15) is 0 Å². The van der Waals surface area contributed by atoms with Crippen LogP contribution in [-0.4, -0.2) is 9.97 Å². The molecule has 21 heavy (non-hydrogen) atoms. The first kappa shape index (κ1) is 13.6. The van der Waals surface area contributed by atoms with Crippen molar-refractivity contribution in [1.82, 2.24) is 9.97 Å². The van der Waals surface area contributed by atoms with Gasteiger partial charge in [-0.15, -0.1) is 0 Å². The number of para-hydroxylation sites is 2. The van der Waals surface area contributed by atoms with Gasteiger partial charge in [0.25, 0.3) is 0 Å². The van der Waals surface area contributed by atoms with E-state index < -0.39 is 0 Å². The minimum absolute atomic E-state index is 0.461. The summed E-state index contributed by atoms with van der Waals surface area (Å²) in [4.78, 5) is 9.06. The number of nitrogens with zero attached hydrogens (tertiary/aromatic N) is 2. The van der Waals surface area contributed by atoms with Crippen molar-refractivity contribution >= 4 is 22.4 Å². The summed E-state index contributed by atoms with van der Waals surface area (Å²) in [5.74, 6) is 2.10. The Morgan fingerprint density at radius 2 is 1.62 bits per heavy atom. The summed E-state index contributed by atoms with van der Waals surface area (Å²) in [7, 11) is 0. The number of aryl methyl sites for hydroxylation is 1. The van der Waals surface area contributed by atoms with Crippen LogP contribution in [0.3, 0.4) is 0 Å². The molecular formula is C18H19N3. The van der Waals surface area contributed by atoms with Gasteiger partial charge in [0.2, 0.25) is 0 Å². The van der Waals surface area contributed by atoms with Crippen molar-refractivity contribution < 1.29 is 0 Å². The van der Waals surface area contributed by atoms with Crippen LogP contribution in [0.4, 0.5) is 11.5 Å². The second-order valence-electron chi connectivity index (χ2n) is 5.50. The van der Waals surface area contributed by atoms with Crippen LogP contribution < -0.4 is 5.32 Å². The fourth-order valence-corrected chi connectivity index (χ4v) is 2.53. The van der Waals surface area contributed by atoms with Crippen LogP contribution >= 0.6 is 0 Å². The quantitative estimate of drug-likeness (QED) is 0.747. The Labute approximate surface area is 125 Å². The highest BCUT2D eigenvalue weighted by molar-refractivity contribution is 5.91. The minimum Gasteiger partial charge on any atom is -0.339 e. The number of aromatic nitrogens is 2. The molecule has 0 aliphatic carbocycles. The van der Waals surface area contributed by atoms with Crippen LogP contribution in [0.25, 0.3) is 10.9 Å². The van der Waals surface area contributed by atoms with Crippen molar-refractivity contribution in [3.05, 3.63) is 59.9 Å². The van der Waals surface area contributed by atoms with Crippen molar-refractivity contribution in [2.24, 2.45) is 0 Å². The van der Waals surface area contributed by atoms with E-state index in [1.165, 1.54) is 5.56 Å². The van der Waals surface area contributed by atoms with Crippen LogP contribution in [-0.2, 0) is 0 Å². The molecule has 0 saturated carbocycles. The molecular weight excluding hydrogens is 258 g/mol. The number of hydrogen-bond donors (Lipinski definition) is 1. The standard InChI is InChI=1S/C18H19N3/c1-12(2)14-8-4-6-10-16(14)21-18-15-9-5-7-11-17(15)19-13(3)20-18/h4-12H,1-3H3,(H,19,20,21). The third-order valence-electron chi connectivity index (χ3n) is 3.55. The maximum Gasteiger partial charge on any atom is 0.142 e. The molecule has 3 nitrogen and oxygen atoms in total. The van der Waals surface area contributed by atoms with Gasteiger partial charge in [0.1, 0.15) is 11.6 Å². The van der Waals surface area contributed by atoms with Gasteiger partial charge in [-0.25, -0.2) is 9.97 Å². The second-order valence-corrected chi connectivity index (χ2v) is 5.50. The summed E-state index contributed by atoms with van der Waals surface area (Å²) in [6.07, 6.45) is 0. The zero-order chi connectivity index (χ0) is 14.8. The van der Waals surface area contributed by atoms with Gasteiger partial charge in [-0.2, -0.15) is 0 Å². The van der Waals surface area contributed by atoms with E-state index in [2.05, 4.69) is 53.4 Å². The normalized spacial score (nSPS) is 11.0. The van der Waals surface area contributed by atoms with Crippen LogP contribution in [0.5, 0.6) is 0 Å². The van der Waals surface area contributed by atoms with E-state index in [0.717, 1.165) is 28.2 Å². The third-order valence-corrected chi connectivity index (χ3v) is 3.55. The fraction of sp³-hybridized carbons (Fsp3) is 0.222. The number of benzene rings is 2. The molecule has 0 bridgehead atoms. The maximum absolute atomic E-state index is 4.57. The Morgan fingerprint density at radius 3 is 2.43 bits per heavy atom. The van der Waals surface area contributed by atoms with Gasteiger partial charge in [0, 0.05) is 11.1 Å². The molecule has 0 amide bonds. The Hall–Kier alpha value is -2.42. The highest BCUT2D eigenvalue weighted by atomic mass is 15.0. The van der Waals surface area contributed by atoms with Crippen LogP contribution in [0.1, 0.15) is 31.2 Å². The molecule has 0 saturated heterocycles. The molecule has 1 heterocycles. The molecule has 0 aliphatic rings. The molecule has 0 spiro atoms. The monoisotopic (exact) mass is 277 g/mol. The van der Waals surface area contributed by atoms with E-state index in [1.807, 2.05) is 31.2 Å². The first-order valence-electron chi connectivity index (χ1n) is 7.24. The van der Waals surface area contributed by atoms with Crippen LogP contribution in [0.2, 0.25) is 0 Å². The lowest BCUT2D eigenvalue weighted by atomic mass is 10.0. The molecule has 1 N–H and O–H groups in total. The number of nitrogens with one attached hydrogen (secondary N) is 1. The average Bonchev–Trinajstić information content (AvgIpc) is 2.47. The number of anilines is 2. The van der Waals surface area contributed by atoms with Gasteiger partial charge in [-0.05, 0) is 36.6 Å². The molecule has 3 aromatic rings. The molecule has 0 unspecified atom stereocenters.